The highest BCUT2D eigenvalue weighted by Gasteiger charge is 2.22. The van der Waals surface area contributed by atoms with E-state index in [9.17, 15) is 0 Å². The molecule has 2 saturated heterocycles. The standard InChI is InChI=1S/C19H32N4/c1-16-4-2-3-10-23(16)13-8-17-6-11-22(12-7-17)15-18-5-9-21-19(20)14-18/h5,9,14,16-17H,2-4,6-8,10-13,15H2,1H3,(H2,20,21)/t16-/m0/s1. The first-order valence-corrected chi connectivity index (χ1v) is 9.37. The summed E-state index contributed by atoms with van der Waals surface area (Å²) in [5, 5.41) is 0. The predicted molar refractivity (Wildman–Crippen MR) is 96.2 cm³/mol. The van der Waals surface area contributed by atoms with E-state index >= 15 is 0 Å². The van der Waals surface area contributed by atoms with Gasteiger partial charge in [-0.1, -0.05) is 6.42 Å². The van der Waals surface area contributed by atoms with Gasteiger partial charge in [-0.2, -0.15) is 0 Å². The van der Waals surface area contributed by atoms with E-state index in [-0.39, 0.29) is 0 Å². The lowest BCUT2D eigenvalue weighted by atomic mass is 9.92. The van der Waals surface area contributed by atoms with Gasteiger partial charge in [-0.15, -0.1) is 0 Å². The van der Waals surface area contributed by atoms with Gasteiger partial charge in [-0.25, -0.2) is 4.98 Å². The van der Waals surface area contributed by atoms with Gasteiger partial charge in [0.25, 0.3) is 0 Å². The monoisotopic (exact) mass is 316 g/mol. The molecule has 0 unspecified atom stereocenters. The molecule has 1 aromatic heterocycles. The Balaban J connectivity index is 1.38. The van der Waals surface area contributed by atoms with Gasteiger partial charge in [0.05, 0.1) is 0 Å². The summed E-state index contributed by atoms with van der Waals surface area (Å²) in [6.07, 6.45) is 10.1. The van der Waals surface area contributed by atoms with Crippen molar-refractivity contribution in [3.8, 4) is 0 Å². The molecule has 0 saturated carbocycles. The molecule has 2 aliphatic rings. The number of likely N-dealkylation sites (tertiary alicyclic amines) is 2. The zero-order chi connectivity index (χ0) is 16.1. The van der Waals surface area contributed by atoms with E-state index in [1.165, 1.54) is 70.3 Å². The van der Waals surface area contributed by atoms with Crippen molar-refractivity contribution in [2.75, 3.05) is 31.9 Å². The van der Waals surface area contributed by atoms with E-state index in [4.69, 9.17) is 5.73 Å². The summed E-state index contributed by atoms with van der Waals surface area (Å²) >= 11 is 0. The second kappa shape index (κ2) is 8.11. The fourth-order valence-electron chi connectivity index (χ4n) is 4.12. The van der Waals surface area contributed by atoms with Crippen LogP contribution in [-0.4, -0.2) is 47.0 Å². The molecular formula is C19H32N4. The zero-order valence-electron chi connectivity index (χ0n) is 14.6. The van der Waals surface area contributed by atoms with E-state index in [2.05, 4.69) is 27.8 Å². The second-order valence-corrected chi connectivity index (χ2v) is 7.48. The predicted octanol–water partition coefficient (Wildman–Crippen LogP) is 3.14. The lowest BCUT2D eigenvalue weighted by molar-refractivity contribution is 0.126. The Kier molecular flexibility index (Phi) is 5.90. The summed E-state index contributed by atoms with van der Waals surface area (Å²) < 4.78 is 0. The minimum absolute atomic E-state index is 0.632. The van der Waals surface area contributed by atoms with E-state index in [0.29, 0.717) is 5.82 Å². The molecule has 128 valence electrons. The van der Waals surface area contributed by atoms with Crippen molar-refractivity contribution in [1.29, 1.82) is 0 Å². The summed E-state index contributed by atoms with van der Waals surface area (Å²) in [5.41, 5.74) is 7.06. The number of aromatic nitrogens is 1. The Morgan fingerprint density at radius 3 is 2.74 bits per heavy atom. The maximum atomic E-state index is 5.77. The molecule has 2 fully saturated rings. The van der Waals surface area contributed by atoms with Crippen LogP contribution in [0.2, 0.25) is 0 Å². The van der Waals surface area contributed by atoms with Crippen LogP contribution in [0, 0.1) is 5.92 Å². The third-order valence-corrected chi connectivity index (χ3v) is 5.72. The third kappa shape index (κ3) is 4.92. The molecule has 2 aliphatic heterocycles. The molecule has 3 rings (SSSR count). The van der Waals surface area contributed by atoms with Crippen molar-refractivity contribution in [3.05, 3.63) is 23.9 Å². The topological polar surface area (TPSA) is 45.4 Å². The summed E-state index contributed by atoms with van der Waals surface area (Å²) in [6, 6.07) is 4.89. The van der Waals surface area contributed by atoms with Crippen LogP contribution in [0.5, 0.6) is 0 Å². The fourth-order valence-corrected chi connectivity index (χ4v) is 4.12. The molecule has 3 heterocycles. The first kappa shape index (κ1) is 16.7. The van der Waals surface area contributed by atoms with Crippen LogP contribution in [0.15, 0.2) is 18.3 Å². The number of nitrogens with zero attached hydrogens (tertiary/aromatic N) is 3. The molecule has 4 nitrogen and oxygen atoms in total. The molecule has 0 aromatic carbocycles. The maximum Gasteiger partial charge on any atom is 0.123 e. The molecule has 2 N–H and O–H groups in total. The second-order valence-electron chi connectivity index (χ2n) is 7.48. The highest BCUT2D eigenvalue weighted by molar-refractivity contribution is 5.31. The van der Waals surface area contributed by atoms with Crippen molar-refractivity contribution >= 4 is 5.82 Å². The Morgan fingerprint density at radius 2 is 2.00 bits per heavy atom. The molecule has 0 radical (unpaired) electrons. The van der Waals surface area contributed by atoms with Gasteiger partial charge in [0.15, 0.2) is 0 Å². The number of anilines is 1. The summed E-state index contributed by atoms with van der Waals surface area (Å²) in [4.78, 5) is 9.36. The Hall–Kier alpha value is -1.13. The quantitative estimate of drug-likeness (QED) is 0.906. The SMILES string of the molecule is C[C@H]1CCCCN1CCC1CCN(Cc2ccnc(N)c2)CC1. The maximum absolute atomic E-state index is 5.77. The van der Waals surface area contributed by atoms with Crippen molar-refractivity contribution in [2.24, 2.45) is 5.92 Å². The average molecular weight is 316 g/mol. The van der Waals surface area contributed by atoms with E-state index in [1.807, 2.05) is 12.3 Å². The smallest absolute Gasteiger partial charge is 0.123 e. The Bertz CT molecular complexity index is 482. The average Bonchev–Trinajstić information content (AvgIpc) is 2.56. The van der Waals surface area contributed by atoms with Crippen LogP contribution in [-0.2, 0) is 6.54 Å². The number of hydrogen-bond acceptors (Lipinski definition) is 4. The highest BCUT2D eigenvalue weighted by Crippen LogP contribution is 2.24. The Morgan fingerprint density at radius 1 is 1.17 bits per heavy atom. The molecule has 0 aliphatic carbocycles. The molecule has 0 bridgehead atoms. The number of nitrogen functional groups attached to an aromatic ring is 1. The lowest BCUT2D eigenvalue weighted by Crippen LogP contribution is -2.40. The minimum atomic E-state index is 0.632. The van der Waals surface area contributed by atoms with Gasteiger partial charge < -0.3 is 10.6 Å². The van der Waals surface area contributed by atoms with Crippen LogP contribution in [0.25, 0.3) is 0 Å². The molecule has 23 heavy (non-hydrogen) atoms. The van der Waals surface area contributed by atoms with E-state index < -0.39 is 0 Å². The molecule has 4 heteroatoms. The van der Waals surface area contributed by atoms with Crippen LogP contribution in [0.1, 0.15) is 51.0 Å². The normalized spacial score (nSPS) is 24.8. The molecule has 0 amide bonds. The Labute approximate surface area is 141 Å². The zero-order valence-corrected chi connectivity index (χ0v) is 14.6. The molecule has 0 spiro atoms. The number of hydrogen-bond donors (Lipinski definition) is 1. The van der Waals surface area contributed by atoms with Gasteiger partial charge in [-0.3, -0.25) is 4.90 Å². The number of rotatable bonds is 5. The van der Waals surface area contributed by atoms with Gasteiger partial charge in [0, 0.05) is 18.8 Å². The summed E-state index contributed by atoms with van der Waals surface area (Å²) in [5.74, 6) is 1.55. The minimum Gasteiger partial charge on any atom is -0.384 e. The van der Waals surface area contributed by atoms with Gasteiger partial charge >= 0.3 is 0 Å². The van der Waals surface area contributed by atoms with Crippen molar-refractivity contribution in [2.45, 2.75) is 58.0 Å². The van der Waals surface area contributed by atoms with Gasteiger partial charge in [0.2, 0.25) is 0 Å². The van der Waals surface area contributed by atoms with Crippen LogP contribution < -0.4 is 5.73 Å². The van der Waals surface area contributed by atoms with E-state index in [1.54, 1.807) is 0 Å². The fraction of sp³-hybridized carbons (Fsp3) is 0.737. The first-order valence-electron chi connectivity index (χ1n) is 9.37. The summed E-state index contributed by atoms with van der Waals surface area (Å²) in [7, 11) is 0. The van der Waals surface area contributed by atoms with Crippen LogP contribution in [0.4, 0.5) is 5.82 Å². The van der Waals surface area contributed by atoms with Crippen LogP contribution in [0.3, 0.4) is 0 Å². The van der Waals surface area contributed by atoms with Crippen molar-refractivity contribution in [1.82, 2.24) is 14.8 Å². The molecule has 1 atom stereocenters. The lowest BCUT2D eigenvalue weighted by Gasteiger charge is -2.36. The van der Waals surface area contributed by atoms with Gasteiger partial charge in [-0.05, 0) is 88.8 Å². The number of pyridine rings is 1. The number of piperidine rings is 2. The van der Waals surface area contributed by atoms with Crippen molar-refractivity contribution in [3.63, 3.8) is 0 Å². The third-order valence-electron chi connectivity index (χ3n) is 5.72. The van der Waals surface area contributed by atoms with E-state index in [0.717, 1.165) is 18.5 Å². The van der Waals surface area contributed by atoms with Gasteiger partial charge in [0.1, 0.15) is 5.82 Å². The highest BCUT2D eigenvalue weighted by atomic mass is 15.2. The largest absolute Gasteiger partial charge is 0.384 e. The summed E-state index contributed by atoms with van der Waals surface area (Å²) in [6.45, 7) is 8.51. The number of nitrogens with two attached hydrogens (primary N) is 1. The van der Waals surface area contributed by atoms with Crippen LogP contribution >= 0.6 is 0 Å². The van der Waals surface area contributed by atoms with Crippen molar-refractivity contribution < 1.29 is 0 Å². The molecular weight excluding hydrogens is 284 g/mol. The first-order chi connectivity index (χ1) is 11.2. The molecule has 1 aromatic rings.